The van der Waals surface area contributed by atoms with Gasteiger partial charge in [0, 0.05) is 17.4 Å². The topological polar surface area (TPSA) is 79.2 Å². The van der Waals surface area contributed by atoms with Gasteiger partial charge in [-0.3, -0.25) is 9.59 Å². The Morgan fingerprint density at radius 1 is 1.08 bits per heavy atom. The third-order valence-electron chi connectivity index (χ3n) is 4.57. The number of aromatic nitrogens is 1. The number of aromatic amines is 1. The van der Waals surface area contributed by atoms with Gasteiger partial charge in [-0.25, -0.2) is 0 Å². The fourth-order valence-electron chi connectivity index (χ4n) is 3.44. The highest BCUT2D eigenvalue weighted by Gasteiger charge is 2.35. The summed E-state index contributed by atoms with van der Waals surface area (Å²) in [5, 5.41) is 0.967. The summed E-state index contributed by atoms with van der Waals surface area (Å²) in [5.41, 5.74) is 8.88. The summed E-state index contributed by atoms with van der Waals surface area (Å²) < 4.78 is 0. The lowest BCUT2D eigenvalue weighted by atomic mass is 9.92. The number of carbonyl (C=O) groups is 2. The Labute approximate surface area is 139 Å². The number of amides is 2. The van der Waals surface area contributed by atoms with Crippen LogP contribution in [0.4, 0.5) is 0 Å². The fourth-order valence-corrected chi connectivity index (χ4v) is 3.44. The molecule has 3 N–H and O–H groups in total. The van der Waals surface area contributed by atoms with Crippen LogP contribution in [-0.4, -0.2) is 28.2 Å². The molecule has 0 saturated heterocycles. The molecule has 1 unspecified atom stereocenters. The SMILES string of the molecule is NC(=O)C1c2ccccc2CCN1C(=O)c1cc2ccccc2[nH]1. The van der Waals surface area contributed by atoms with Crippen molar-refractivity contribution in [1.82, 2.24) is 9.88 Å². The van der Waals surface area contributed by atoms with Gasteiger partial charge in [-0.05, 0) is 29.7 Å². The van der Waals surface area contributed by atoms with Gasteiger partial charge in [-0.15, -0.1) is 0 Å². The molecule has 1 aliphatic heterocycles. The van der Waals surface area contributed by atoms with E-state index >= 15 is 0 Å². The van der Waals surface area contributed by atoms with Gasteiger partial charge in [0.1, 0.15) is 11.7 Å². The van der Waals surface area contributed by atoms with E-state index in [1.54, 1.807) is 4.90 Å². The molecule has 0 radical (unpaired) electrons. The molecule has 0 spiro atoms. The van der Waals surface area contributed by atoms with Crippen molar-refractivity contribution in [2.45, 2.75) is 12.5 Å². The molecule has 3 aromatic rings. The standard InChI is InChI=1S/C19H17N3O2/c20-18(23)17-14-7-3-1-5-12(14)9-10-22(17)19(24)16-11-13-6-2-4-8-15(13)21-16/h1-8,11,17,21H,9-10H2,(H2,20,23). The zero-order chi connectivity index (χ0) is 16.7. The maximum atomic E-state index is 13.0. The van der Waals surface area contributed by atoms with E-state index in [0.717, 1.165) is 22.0 Å². The van der Waals surface area contributed by atoms with Crippen LogP contribution >= 0.6 is 0 Å². The van der Waals surface area contributed by atoms with E-state index in [9.17, 15) is 9.59 Å². The van der Waals surface area contributed by atoms with Crippen molar-refractivity contribution < 1.29 is 9.59 Å². The Kier molecular flexibility index (Phi) is 3.34. The van der Waals surface area contributed by atoms with Gasteiger partial charge in [-0.1, -0.05) is 42.5 Å². The number of hydrogen-bond donors (Lipinski definition) is 2. The number of nitrogens with two attached hydrogens (primary N) is 1. The minimum Gasteiger partial charge on any atom is -0.368 e. The molecule has 24 heavy (non-hydrogen) atoms. The zero-order valence-electron chi connectivity index (χ0n) is 13.0. The molecule has 2 heterocycles. The summed E-state index contributed by atoms with van der Waals surface area (Å²) >= 11 is 0. The Bertz CT molecular complexity index is 911. The number of rotatable bonds is 2. The van der Waals surface area contributed by atoms with Crippen molar-refractivity contribution >= 4 is 22.7 Å². The van der Waals surface area contributed by atoms with Crippen molar-refractivity contribution in [3.8, 4) is 0 Å². The number of fused-ring (bicyclic) bond motifs is 2. The van der Waals surface area contributed by atoms with Crippen LogP contribution in [0, 0.1) is 0 Å². The molecule has 0 fully saturated rings. The zero-order valence-corrected chi connectivity index (χ0v) is 13.0. The van der Waals surface area contributed by atoms with Gasteiger partial charge in [0.15, 0.2) is 0 Å². The first-order chi connectivity index (χ1) is 11.6. The molecule has 2 amide bonds. The molecule has 2 aromatic carbocycles. The molecule has 0 bridgehead atoms. The highest BCUT2D eigenvalue weighted by atomic mass is 16.2. The average molecular weight is 319 g/mol. The van der Waals surface area contributed by atoms with Crippen molar-refractivity contribution in [2.24, 2.45) is 5.73 Å². The van der Waals surface area contributed by atoms with Crippen molar-refractivity contribution in [3.05, 3.63) is 71.4 Å². The number of nitrogens with zero attached hydrogens (tertiary/aromatic N) is 1. The minimum atomic E-state index is -0.728. The van der Waals surface area contributed by atoms with Crippen LogP contribution in [0.5, 0.6) is 0 Å². The summed E-state index contributed by atoms with van der Waals surface area (Å²) in [6.45, 7) is 0.471. The van der Waals surface area contributed by atoms with Gasteiger partial charge in [0.25, 0.3) is 5.91 Å². The molecular weight excluding hydrogens is 302 g/mol. The lowest BCUT2D eigenvalue weighted by molar-refractivity contribution is -0.123. The van der Waals surface area contributed by atoms with E-state index in [-0.39, 0.29) is 5.91 Å². The Morgan fingerprint density at radius 2 is 1.83 bits per heavy atom. The normalized spacial score (nSPS) is 16.8. The molecule has 1 aromatic heterocycles. The molecule has 4 rings (SSSR count). The number of hydrogen-bond acceptors (Lipinski definition) is 2. The minimum absolute atomic E-state index is 0.204. The van der Waals surface area contributed by atoms with E-state index in [1.807, 2.05) is 54.6 Å². The second-order valence-electron chi connectivity index (χ2n) is 6.02. The quantitative estimate of drug-likeness (QED) is 0.760. The molecule has 0 aliphatic carbocycles. The summed E-state index contributed by atoms with van der Waals surface area (Å²) in [6, 6.07) is 16.4. The van der Waals surface area contributed by atoms with Gasteiger partial charge in [0.05, 0.1) is 0 Å². The second kappa shape index (κ2) is 5.53. The van der Waals surface area contributed by atoms with Crippen molar-refractivity contribution in [2.75, 3.05) is 6.54 Å². The highest BCUT2D eigenvalue weighted by molar-refractivity contribution is 6.00. The average Bonchev–Trinajstić information content (AvgIpc) is 3.04. The number of para-hydroxylation sites is 1. The first kappa shape index (κ1) is 14.5. The molecule has 1 aliphatic rings. The Morgan fingerprint density at radius 3 is 2.62 bits per heavy atom. The van der Waals surface area contributed by atoms with E-state index in [2.05, 4.69) is 4.98 Å². The van der Waals surface area contributed by atoms with E-state index in [0.29, 0.717) is 18.7 Å². The summed E-state index contributed by atoms with van der Waals surface area (Å²) in [6.07, 6.45) is 0.714. The maximum Gasteiger partial charge on any atom is 0.271 e. The highest BCUT2D eigenvalue weighted by Crippen LogP contribution is 2.31. The van der Waals surface area contributed by atoms with Crippen LogP contribution in [0.15, 0.2) is 54.6 Å². The van der Waals surface area contributed by atoms with Crippen LogP contribution in [0.1, 0.15) is 27.7 Å². The van der Waals surface area contributed by atoms with E-state index in [1.165, 1.54) is 0 Å². The summed E-state index contributed by atoms with van der Waals surface area (Å²) in [7, 11) is 0. The first-order valence-electron chi connectivity index (χ1n) is 7.91. The molecule has 0 saturated carbocycles. The third kappa shape index (κ3) is 2.25. The van der Waals surface area contributed by atoms with Crippen molar-refractivity contribution in [3.63, 3.8) is 0 Å². The van der Waals surface area contributed by atoms with Crippen LogP contribution in [0.2, 0.25) is 0 Å². The van der Waals surface area contributed by atoms with Crippen LogP contribution in [0.25, 0.3) is 10.9 Å². The number of carbonyl (C=O) groups excluding carboxylic acids is 2. The lowest BCUT2D eigenvalue weighted by Gasteiger charge is -2.35. The van der Waals surface area contributed by atoms with Crippen LogP contribution in [-0.2, 0) is 11.2 Å². The number of nitrogens with one attached hydrogen (secondary N) is 1. The maximum absolute atomic E-state index is 13.0. The van der Waals surface area contributed by atoms with Crippen LogP contribution in [0.3, 0.4) is 0 Å². The Hall–Kier alpha value is -3.08. The van der Waals surface area contributed by atoms with Gasteiger partial charge in [-0.2, -0.15) is 0 Å². The summed E-state index contributed by atoms with van der Waals surface area (Å²) in [4.78, 5) is 29.7. The first-order valence-corrected chi connectivity index (χ1v) is 7.91. The van der Waals surface area contributed by atoms with Gasteiger partial charge < -0.3 is 15.6 Å². The van der Waals surface area contributed by atoms with Gasteiger partial charge in [0.2, 0.25) is 5.91 Å². The third-order valence-corrected chi connectivity index (χ3v) is 4.57. The number of benzene rings is 2. The van der Waals surface area contributed by atoms with E-state index < -0.39 is 11.9 Å². The lowest BCUT2D eigenvalue weighted by Crippen LogP contribution is -2.45. The smallest absolute Gasteiger partial charge is 0.271 e. The summed E-state index contributed by atoms with van der Waals surface area (Å²) in [5.74, 6) is -0.712. The number of H-pyrrole nitrogens is 1. The van der Waals surface area contributed by atoms with Crippen LogP contribution < -0.4 is 5.73 Å². The van der Waals surface area contributed by atoms with E-state index in [4.69, 9.17) is 5.73 Å². The predicted octanol–water partition coefficient (Wildman–Crippen LogP) is 2.39. The fraction of sp³-hybridized carbons (Fsp3) is 0.158. The molecule has 5 nitrogen and oxygen atoms in total. The number of primary amides is 1. The molecule has 120 valence electrons. The largest absolute Gasteiger partial charge is 0.368 e. The predicted molar refractivity (Wildman–Crippen MR) is 91.4 cm³/mol. The molecular formula is C19H17N3O2. The van der Waals surface area contributed by atoms with Crippen molar-refractivity contribution in [1.29, 1.82) is 0 Å². The second-order valence-corrected chi connectivity index (χ2v) is 6.02. The monoisotopic (exact) mass is 319 g/mol. The van der Waals surface area contributed by atoms with Gasteiger partial charge >= 0.3 is 0 Å². The molecule has 5 heteroatoms. The molecule has 1 atom stereocenters. The Balaban J connectivity index is 1.74.